The summed E-state index contributed by atoms with van der Waals surface area (Å²) in [5.41, 5.74) is 0.934. The van der Waals surface area contributed by atoms with E-state index in [0.717, 1.165) is 18.4 Å². The summed E-state index contributed by atoms with van der Waals surface area (Å²) in [4.78, 5) is 12.7. The van der Waals surface area contributed by atoms with Crippen molar-refractivity contribution in [3.8, 4) is 11.5 Å². The predicted molar refractivity (Wildman–Crippen MR) is 118 cm³/mol. The fourth-order valence-electron chi connectivity index (χ4n) is 3.55. The number of carbonyl (C=O) groups excluding carboxylic acids is 1. The van der Waals surface area contributed by atoms with Gasteiger partial charge in [-0.05, 0) is 50.3 Å². The molecule has 0 saturated carbocycles. The Bertz CT molecular complexity index is 789. The molecule has 0 aliphatic carbocycles. The second-order valence-corrected chi connectivity index (χ2v) is 9.92. The van der Waals surface area contributed by atoms with Crippen LogP contribution in [0.2, 0.25) is 0 Å². The topological polar surface area (TPSA) is 84.9 Å². The number of hydrogen-bond donors (Lipinski definition) is 1. The SMILES string of the molecule is CCCCS(=O)(=O)N1CCC(C(=O)NC(C)c2ccc(OCCC)c(OC)c2)CC1. The average Bonchev–Trinajstić information content (AvgIpc) is 2.76. The van der Waals surface area contributed by atoms with Crippen molar-refractivity contribution < 1.29 is 22.7 Å². The van der Waals surface area contributed by atoms with E-state index >= 15 is 0 Å². The first-order chi connectivity index (χ1) is 14.3. The lowest BCUT2D eigenvalue weighted by Gasteiger charge is -2.31. The molecule has 1 aliphatic rings. The standard InChI is InChI=1S/C22H36N2O5S/c1-5-7-15-30(26,27)24-12-10-18(11-13-24)22(25)23-17(3)19-8-9-20(29-14-6-2)21(16-19)28-4/h8-9,16-18H,5-7,10-15H2,1-4H3,(H,23,25). The van der Waals surface area contributed by atoms with Crippen molar-refractivity contribution in [3.63, 3.8) is 0 Å². The highest BCUT2D eigenvalue weighted by Crippen LogP contribution is 2.31. The molecule has 170 valence electrons. The van der Waals surface area contributed by atoms with E-state index in [1.165, 1.54) is 4.31 Å². The molecule has 1 amide bonds. The zero-order valence-corrected chi connectivity index (χ0v) is 19.5. The summed E-state index contributed by atoms with van der Waals surface area (Å²) in [7, 11) is -1.60. The number of sulfonamides is 1. The molecular weight excluding hydrogens is 404 g/mol. The van der Waals surface area contributed by atoms with Gasteiger partial charge in [0.15, 0.2) is 11.5 Å². The van der Waals surface area contributed by atoms with Gasteiger partial charge in [-0.2, -0.15) is 0 Å². The highest BCUT2D eigenvalue weighted by Gasteiger charge is 2.31. The van der Waals surface area contributed by atoms with Crippen LogP contribution < -0.4 is 14.8 Å². The maximum absolute atomic E-state index is 12.7. The third-order valence-corrected chi connectivity index (χ3v) is 7.44. The van der Waals surface area contributed by atoms with E-state index in [1.807, 2.05) is 39.0 Å². The Morgan fingerprint density at radius 3 is 2.50 bits per heavy atom. The average molecular weight is 441 g/mol. The van der Waals surface area contributed by atoms with Crippen molar-refractivity contribution in [2.24, 2.45) is 5.92 Å². The molecule has 1 unspecified atom stereocenters. The molecule has 7 nitrogen and oxygen atoms in total. The minimum atomic E-state index is -3.20. The first kappa shape index (κ1) is 24.5. The van der Waals surface area contributed by atoms with Crippen molar-refractivity contribution >= 4 is 15.9 Å². The Morgan fingerprint density at radius 2 is 1.90 bits per heavy atom. The Labute approximate surface area is 181 Å². The highest BCUT2D eigenvalue weighted by atomic mass is 32.2. The van der Waals surface area contributed by atoms with Crippen molar-refractivity contribution in [1.82, 2.24) is 9.62 Å². The van der Waals surface area contributed by atoms with Gasteiger partial charge in [0, 0.05) is 19.0 Å². The third-order valence-electron chi connectivity index (χ3n) is 5.48. The van der Waals surface area contributed by atoms with Crippen LogP contribution in [0.15, 0.2) is 18.2 Å². The summed E-state index contributed by atoms with van der Waals surface area (Å²) in [6.07, 6.45) is 3.54. The molecule has 30 heavy (non-hydrogen) atoms. The largest absolute Gasteiger partial charge is 0.493 e. The van der Waals surface area contributed by atoms with Gasteiger partial charge < -0.3 is 14.8 Å². The molecule has 1 aromatic carbocycles. The minimum absolute atomic E-state index is 0.0293. The van der Waals surface area contributed by atoms with E-state index in [1.54, 1.807) is 7.11 Å². The van der Waals surface area contributed by atoms with Gasteiger partial charge in [0.25, 0.3) is 0 Å². The van der Waals surface area contributed by atoms with Gasteiger partial charge in [-0.3, -0.25) is 4.79 Å². The van der Waals surface area contributed by atoms with Crippen LogP contribution >= 0.6 is 0 Å². The third kappa shape index (κ3) is 6.60. The number of nitrogens with zero attached hydrogens (tertiary/aromatic N) is 1. The van der Waals surface area contributed by atoms with Gasteiger partial charge in [0.1, 0.15) is 0 Å². The fraction of sp³-hybridized carbons (Fsp3) is 0.682. The van der Waals surface area contributed by atoms with Gasteiger partial charge in [0.05, 0.1) is 25.5 Å². The van der Waals surface area contributed by atoms with Crippen molar-refractivity contribution in [2.75, 3.05) is 32.6 Å². The van der Waals surface area contributed by atoms with Crippen LogP contribution in [0.4, 0.5) is 0 Å². The van der Waals surface area contributed by atoms with E-state index < -0.39 is 10.0 Å². The molecular formula is C22H36N2O5S. The zero-order chi connectivity index (χ0) is 22.1. The van der Waals surface area contributed by atoms with Crippen molar-refractivity contribution in [3.05, 3.63) is 23.8 Å². The molecule has 1 aromatic rings. The van der Waals surface area contributed by atoms with E-state index in [0.29, 0.717) is 50.5 Å². The zero-order valence-electron chi connectivity index (χ0n) is 18.6. The molecule has 1 atom stereocenters. The number of ether oxygens (including phenoxy) is 2. The summed E-state index contributed by atoms with van der Waals surface area (Å²) in [5, 5.41) is 3.06. The van der Waals surface area contributed by atoms with Crippen molar-refractivity contribution in [2.45, 2.75) is 58.9 Å². The summed E-state index contributed by atoms with van der Waals surface area (Å²) in [5.74, 6) is 1.33. The number of nitrogens with one attached hydrogen (secondary N) is 1. The van der Waals surface area contributed by atoms with Gasteiger partial charge in [-0.15, -0.1) is 0 Å². The monoisotopic (exact) mass is 440 g/mol. The lowest BCUT2D eigenvalue weighted by Crippen LogP contribution is -2.44. The van der Waals surface area contributed by atoms with Crippen LogP contribution in [0.5, 0.6) is 11.5 Å². The number of rotatable bonds is 11. The van der Waals surface area contributed by atoms with E-state index in [9.17, 15) is 13.2 Å². The number of methoxy groups -OCH3 is 1. The Kier molecular flexibility index (Phi) is 9.42. The molecule has 1 N–H and O–H groups in total. The summed E-state index contributed by atoms with van der Waals surface area (Å²) in [6.45, 7) is 7.40. The summed E-state index contributed by atoms with van der Waals surface area (Å²) < 4.78 is 37.3. The van der Waals surface area contributed by atoms with Gasteiger partial charge >= 0.3 is 0 Å². The number of unbranched alkanes of at least 4 members (excludes halogenated alkanes) is 1. The number of piperidine rings is 1. The fourth-order valence-corrected chi connectivity index (χ4v) is 5.23. The molecule has 2 rings (SSSR count). The minimum Gasteiger partial charge on any atom is -0.493 e. The van der Waals surface area contributed by atoms with E-state index in [-0.39, 0.29) is 23.6 Å². The van der Waals surface area contributed by atoms with Crippen LogP contribution in [0.3, 0.4) is 0 Å². The molecule has 0 bridgehead atoms. The molecule has 1 heterocycles. The van der Waals surface area contributed by atoms with Crippen LogP contribution in [0.25, 0.3) is 0 Å². The first-order valence-electron chi connectivity index (χ1n) is 10.9. The maximum Gasteiger partial charge on any atom is 0.223 e. The highest BCUT2D eigenvalue weighted by molar-refractivity contribution is 7.89. The summed E-state index contributed by atoms with van der Waals surface area (Å²) in [6, 6.07) is 5.50. The lowest BCUT2D eigenvalue weighted by atomic mass is 9.96. The Hall–Kier alpha value is -1.80. The normalized spacial score (nSPS) is 16.8. The Morgan fingerprint density at radius 1 is 1.20 bits per heavy atom. The molecule has 0 aromatic heterocycles. The van der Waals surface area contributed by atoms with E-state index in [4.69, 9.17) is 9.47 Å². The summed E-state index contributed by atoms with van der Waals surface area (Å²) >= 11 is 0. The predicted octanol–water partition coefficient (Wildman–Crippen LogP) is 3.50. The molecule has 1 fully saturated rings. The van der Waals surface area contributed by atoms with Crippen LogP contribution in [0.1, 0.15) is 64.5 Å². The van der Waals surface area contributed by atoms with Crippen LogP contribution in [0, 0.1) is 5.92 Å². The molecule has 1 saturated heterocycles. The first-order valence-corrected chi connectivity index (χ1v) is 12.5. The van der Waals surface area contributed by atoms with E-state index in [2.05, 4.69) is 5.32 Å². The number of benzene rings is 1. The van der Waals surface area contributed by atoms with Gasteiger partial charge in [-0.1, -0.05) is 26.3 Å². The quantitative estimate of drug-likeness (QED) is 0.569. The molecule has 0 spiro atoms. The van der Waals surface area contributed by atoms with Crippen molar-refractivity contribution in [1.29, 1.82) is 0 Å². The van der Waals surface area contributed by atoms with Gasteiger partial charge in [-0.25, -0.2) is 12.7 Å². The second kappa shape index (κ2) is 11.6. The molecule has 0 radical (unpaired) electrons. The number of hydrogen-bond acceptors (Lipinski definition) is 5. The molecule has 1 aliphatic heterocycles. The number of carbonyl (C=O) groups is 1. The van der Waals surface area contributed by atoms with Crippen LogP contribution in [-0.2, 0) is 14.8 Å². The smallest absolute Gasteiger partial charge is 0.223 e. The van der Waals surface area contributed by atoms with Crippen LogP contribution in [-0.4, -0.2) is 51.2 Å². The lowest BCUT2D eigenvalue weighted by molar-refractivity contribution is -0.126. The maximum atomic E-state index is 12.7. The second-order valence-electron chi connectivity index (χ2n) is 7.83. The Balaban J connectivity index is 1.92. The number of amides is 1. The van der Waals surface area contributed by atoms with Gasteiger partial charge in [0.2, 0.25) is 15.9 Å². The molecule has 8 heteroatoms.